The molecule has 1 saturated carbocycles. The predicted molar refractivity (Wildman–Crippen MR) is 165 cm³/mol. The van der Waals surface area contributed by atoms with Crippen LogP contribution in [0.2, 0.25) is 0 Å². The minimum absolute atomic E-state index is 0.0897. The summed E-state index contributed by atoms with van der Waals surface area (Å²) in [5.41, 5.74) is 1.08. The normalized spacial score (nSPS) is 27.4. The van der Waals surface area contributed by atoms with Gasteiger partial charge in [-0.05, 0) is 87.1 Å². The van der Waals surface area contributed by atoms with Crippen molar-refractivity contribution in [2.24, 2.45) is 5.92 Å². The van der Waals surface area contributed by atoms with Gasteiger partial charge in [0.15, 0.2) is 0 Å². The van der Waals surface area contributed by atoms with Crippen LogP contribution in [0.3, 0.4) is 0 Å². The van der Waals surface area contributed by atoms with Crippen LogP contribution in [0.15, 0.2) is 42.5 Å². The number of hydrogen-bond donors (Lipinski definition) is 4. The van der Waals surface area contributed by atoms with E-state index in [4.69, 9.17) is 4.74 Å². The highest BCUT2D eigenvalue weighted by atomic mass is 32.2. The van der Waals surface area contributed by atoms with Gasteiger partial charge in [-0.2, -0.15) is 4.31 Å². The van der Waals surface area contributed by atoms with Crippen molar-refractivity contribution < 1.29 is 36.6 Å². The third-order valence-corrected chi connectivity index (χ3v) is 11.4. The lowest BCUT2D eigenvalue weighted by atomic mass is 9.72. The molecule has 2 heterocycles. The number of anilines is 1. The molecule has 0 aromatic heterocycles. The van der Waals surface area contributed by atoms with Crippen molar-refractivity contribution in [1.82, 2.24) is 14.9 Å². The molecule has 2 amide bonds. The van der Waals surface area contributed by atoms with Gasteiger partial charge in [-0.3, -0.25) is 4.79 Å². The molecule has 0 spiro atoms. The number of aliphatic hydroxyl groups is 1. The highest BCUT2D eigenvalue weighted by Gasteiger charge is 2.40. The summed E-state index contributed by atoms with van der Waals surface area (Å²) in [7, 11) is -2.24. The molecular weight excluding hydrogens is 606 g/mol. The SMILES string of the molecule is COC(=O)N[C@H](C(=O)Nc1cccc(F)c1CC[C@H]1CN[C@@H]2CCCS(=O)(=O)N1C2)[C@@H](c1ccc(F)cc1)[C@H]1CC[C@H](O)CC1. The lowest BCUT2D eigenvalue weighted by molar-refractivity contribution is -0.119. The van der Waals surface area contributed by atoms with E-state index in [-0.39, 0.29) is 41.4 Å². The summed E-state index contributed by atoms with van der Waals surface area (Å²) >= 11 is 0. The topological polar surface area (TPSA) is 137 Å². The van der Waals surface area contributed by atoms with Crippen molar-refractivity contribution in [2.45, 2.75) is 81.5 Å². The van der Waals surface area contributed by atoms with E-state index in [1.807, 2.05) is 0 Å². The maximum Gasteiger partial charge on any atom is 0.407 e. The maximum atomic E-state index is 15.3. The summed E-state index contributed by atoms with van der Waals surface area (Å²) in [6, 6.07) is 8.68. The van der Waals surface area contributed by atoms with Crippen LogP contribution >= 0.6 is 0 Å². The second-order valence-electron chi connectivity index (χ2n) is 12.3. The second-order valence-corrected chi connectivity index (χ2v) is 14.4. The first-order chi connectivity index (χ1) is 21.6. The van der Waals surface area contributed by atoms with Crippen molar-refractivity contribution in [3.63, 3.8) is 0 Å². The first kappa shape index (κ1) is 33.2. The number of ether oxygens (including phenoxy) is 1. The van der Waals surface area contributed by atoms with E-state index in [0.29, 0.717) is 57.2 Å². The molecule has 2 saturated heterocycles. The molecule has 13 heteroatoms. The fourth-order valence-electron chi connectivity index (χ4n) is 7.08. The number of carbonyl (C=O) groups is 2. The first-order valence-electron chi connectivity index (χ1n) is 15.6. The number of methoxy groups -OCH3 is 1. The number of fused-ring (bicyclic) bond motifs is 2. The molecule has 4 N–H and O–H groups in total. The van der Waals surface area contributed by atoms with Crippen LogP contribution in [0.5, 0.6) is 0 Å². The summed E-state index contributed by atoms with van der Waals surface area (Å²) in [6.07, 6.45) is 2.80. The Balaban J connectivity index is 1.40. The van der Waals surface area contributed by atoms with Gasteiger partial charge in [0.2, 0.25) is 15.9 Å². The third-order valence-electron chi connectivity index (χ3n) is 9.47. The molecule has 2 aromatic rings. The Morgan fingerprint density at radius 3 is 2.53 bits per heavy atom. The van der Waals surface area contributed by atoms with Crippen molar-refractivity contribution in [2.75, 3.05) is 31.3 Å². The zero-order valence-electron chi connectivity index (χ0n) is 25.4. The van der Waals surface area contributed by atoms with Gasteiger partial charge in [0.25, 0.3) is 0 Å². The molecule has 0 radical (unpaired) electrons. The minimum Gasteiger partial charge on any atom is -0.453 e. The van der Waals surface area contributed by atoms with Crippen molar-refractivity contribution in [1.29, 1.82) is 0 Å². The smallest absolute Gasteiger partial charge is 0.407 e. The molecule has 3 fully saturated rings. The molecule has 1 unspecified atom stereocenters. The Hall–Kier alpha value is -3.13. The van der Waals surface area contributed by atoms with Crippen molar-refractivity contribution in [3.8, 4) is 0 Å². The third kappa shape index (κ3) is 8.00. The number of benzene rings is 2. The average Bonchev–Trinajstić information content (AvgIpc) is 3.13. The van der Waals surface area contributed by atoms with Crippen LogP contribution in [-0.4, -0.2) is 80.0 Å². The fourth-order valence-corrected chi connectivity index (χ4v) is 8.89. The number of alkyl carbamates (subject to hydrolysis) is 1. The lowest BCUT2D eigenvalue weighted by Gasteiger charge is -2.38. The highest BCUT2D eigenvalue weighted by Crippen LogP contribution is 2.39. The van der Waals surface area contributed by atoms with Crippen LogP contribution in [0, 0.1) is 17.6 Å². The van der Waals surface area contributed by atoms with E-state index in [9.17, 15) is 27.5 Å². The van der Waals surface area contributed by atoms with E-state index >= 15 is 4.39 Å². The van der Waals surface area contributed by atoms with E-state index in [1.54, 1.807) is 22.5 Å². The first-order valence-corrected chi connectivity index (χ1v) is 17.3. The molecule has 10 nitrogen and oxygen atoms in total. The number of carbonyl (C=O) groups excluding carboxylic acids is 2. The molecular formula is C32H42F2N4O6S. The number of aliphatic hydroxyl groups excluding tert-OH is 1. The van der Waals surface area contributed by atoms with Gasteiger partial charge in [0, 0.05) is 42.3 Å². The van der Waals surface area contributed by atoms with Gasteiger partial charge in [-0.1, -0.05) is 18.2 Å². The number of piperazine rings is 1. The van der Waals surface area contributed by atoms with E-state index in [2.05, 4.69) is 16.0 Å². The lowest BCUT2D eigenvalue weighted by Crippen LogP contribution is -2.57. The molecule has 5 rings (SSSR count). The van der Waals surface area contributed by atoms with E-state index in [0.717, 1.165) is 6.42 Å². The Morgan fingerprint density at radius 1 is 1.09 bits per heavy atom. The number of nitrogens with one attached hydrogen (secondary N) is 3. The number of hydrogen-bond acceptors (Lipinski definition) is 7. The number of nitrogens with zero attached hydrogens (tertiary/aromatic N) is 1. The minimum atomic E-state index is -3.42. The van der Waals surface area contributed by atoms with E-state index < -0.39 is 51.7 Å². The molecule has 5 atom stereocenters. The Bertz CT molecular complexity index is 1450. The largest absolute Gasteiger partial charge is 0.453 e. The van der Waals surface area contributed by atoms with Gasteiger partial charge >= 0.3 is 6.09 Å². The van der Waals surface area contributed by atoms with Gasteiger partial charge < -0.3 is 25.8 Å². The molecule has 3 aliphatic rings. The molecule has 45 heavy (non-hydrogen) atoms. The van der Waals surface area contributed by atoms with Crippen molar-refractivity contribution in [3.05, 3.63) is 65.2 Å². The van der Waals surface area contributed by atoms with Gasteiger partial charge in [-0.15, -0.1) is 0 Å². The molecule has 2 aromatic carbocycles. The Morgan fingerprint density at radius 2 is 1.82 bits per heavy atom. The molecule has 1 aliphatic carbocycles. The second kappa shape index (κ2) is 14.5. The highest BCUT2D eigenvalue weighted by molar-refractivity contribution is 7.89. The average molecular weight is 649 g/mol. The van der Waals surface area contributed by atoms with Gasteiger partial charge in [0.1, 0.15) is 17.7 Å². The zero-order valence-corrected chi connectivity index (χ0v) is 26.2. The maximum absolute atomic E-state index is 15.3. The molecule has 2 aliphatic heterocycles. The van der Waals surface area contributed by atoms with Gasteiger partial charge in [-0.25, -0.2) is 22.0 Å². The monoisotopic (exact) mass is 648 g/mol. The summed E-state index contributed by atoms with van der Waals surface area (Å²) < 4.78 is 61.5. The predicted octanol–water partition coefficient (Wildman–Crippen LogP) is 3.66. The summed E-state index contributed by atoms with van der Waals surface area (Å²) in [5.74, 6) is -2.22. The fraction of sp³-hybridized carbons (Fsp3) is 0.562. The van der Waals surface area contributed by atoms with Crippen LogP contribution < -0.4 is 16.0 Å². The quantitative estimate of drug-likeness (QED) is 0.326. The van der Waals surface area contributed by atoms with Crippen molar-refractivity contribution >= 4 is 27.7 Å². The van der Waals surface area contributed by atoms with E-state index in [1.165, 1.54) is 31.4 Å². The van der Waals surface area contributed by atoms with Crippen LogP contribution in [-0.2, 0) is 26.0 Å². The summed E-state index contributed by atoms with van der Waals surface area (Å²) in [5, 5.41) is 19.0. The zero-order chi connectivity index (χ0) is 32.1. The van der Waals surface area contributed by atoms with Crippen LogP contribution in [0.25, 0.3) is 0 Å². The van der Waals surface area contributed by atoms with Crippen LogP contribution in [0.1, 0.15) is 62.0 Å². The standard InChI is InChI=1S/C32H42F2N4O6S/c1-44-32(41)37-30(29(20-7-11-22(33)12-8-20)21-9-14-25(39)15-10-21)31(40)36-28-6-2-5-27(34)26(28)16-13-24-18-35-23-4-3-17-45(42,43)38(24)19-23/h2,5-8,11-12,21,23-25,29-30,35,39H,3-4,9-10,13-19H2,1H3,(H,36,40)(H,37,41)/t21-,23-,24+,25-,29+,30+/m1/s1. The Kier molecular flexibility index (Phi) is 10.7. The number of sulfonamides is 1. The van der Waals surface area contributed by atoms with Gasteiger partial charge in [0.05, 0.1) is 19.0 Å². The molecule has 2 bridgehead atoms. The Labute approximate surface area is 263 Å². The summed E-state index contributed by atoms with van der Waals surface area (Å²) in [6.45, 7) is 0.846. The number of rotatable bonds is 9. The number of amides is 2. The molecule has 246 valence electrons. The number of halogens is 2. The van der Waals surface area contributed by atoms with Crippen LogP contribution in [0.4, 0.5) is 19.3 Å². The summed E-state index contributed by atoms with van der Waals surface area (Å²) in [4.78, 5) is 26.6.